The number of benzene rings is 2. The average Bonchev–Trinajstić information content (AvgIpc) is 3.60. The molecule has 1 atom stereocenters. The van der Waals surface area contributed by atoms with Crippen molar-refractivity contribution in [2.24, 2.45) is 0 Å². The fourth-order valence-electron chi connectivity index (χ4n) is 4.07. The number of carbonyl (C=O) groups excluding carboxylic acids is 3. The predicted molar refractivity (Wildman–Crippen MR) is 123 cm³/mol. The normalized spacial score (nSPS) is 18.0. The number of hydrogen-bond acceptors (Lipinski definition) is 5. The van der Waals surface area contributed by atoms with Gasteiger partial charge in [-0.1, -0.05) is 42.5 Å². The Morgan fingerprint density at radius 1 is 0.969 bits per heavy atom. The van der Waals surface area contributed by atoms with Crippen molar-refractivity contribution in [1.29, 1.82) is 0 Å². The van der Waals surface area contributed by atoms with E-state index in [1.807, 2.05) is 30.3 Å². The van der Waals surface area contributed by atoms with Gasteiger partial charge in [0, 0.05) is 43.5 Å². The number of hydrogen-bond donors (Lipinski definition) is 2. The summed E-state index contributed by atoms with van der Waals surface area (Å²) < 4.78 is 0. The topological polar surface area (TPSA) is 81.8 Å². The van der Waals surface area contributed by atoms with Crippen LogP contribution in [0.5, 0.6) is 0 Å². The molecule has 0 radical (unpaired) electrons. The quantitative estimate of drug-likeness (QED) is 0.624. The zero-order valence-electron chi connectivity index (χ0n) is 18.4. The van der Waals surface area contributed by atoms with Gasteiger partial charge in [-0.3, -0.25) is 24.2 Å². The lowest BCUT2D eigenvalue weighted by Crippen LogP contribution is -2.52. The van der Waals surface area contributed by atoms with Crippen LogP contribution in [0, 0.1) is 0 Å². The zero-order chi connectivity index (χ0) is 22.5. The van der Waals surface area contributed by atoms with Crippen molar-refractivity contribution >= 4 is 23.3 Å². The van der Waals surface area contributed by atoms with E-state index in [-0.39, 0.29) is 17.6 Å². The number of ketones is 1. The molecule has 32 heavy (non-hydrogen) atoms. The first-order valence-corrected chi connectivity index (χ1v) is 11.2. The standard InChI is InChI=1S/C25H30N4O3/c1-18(30)20-8-5-9-22(16-20)27-25(32)24(19-6-3-2-4-7-19)29-14-12-28(13-15-29)17-23(31)26-21-10-11-21/h2-9,16,21,24H,10-15,17H2,1H3,(H,26,31)(H,27,32). The van der Waals surface area contributed by atoms with Gasteiger partial charge in [-0.25, -0.2) is 0 Å². The van der Waals surface area contributed by atoms with Crippen LogP contribution in [0.3, 0.4) is 0 Å². The number of nitrogens with one attached hydrogen (secondary N) is 2. The van der Waals surface area contributed by atoms with Gasteiger partial charge in [-0.15, -0.1) is 0 Å². The van der Waals surface area contributed by atoms with Crippen molar-refractivity contribution in [1.82, 2.24) is 15.1 Å². The lowest BCUT2D eigenvalue weighted by molar-refractivity contribution is -0.125. The number of nitrogens with zero attached hydrogens (tertiary/aromatic N) is 2. The first-order valence-electron chi connectivity index (χ1n) is 11.2. The smallest absolute Gasteiger partial charge is 0.246 e. The summed E-state index contributed by atoms with van der Waals surface area (Å²) in [7, 11) is 0. The molecule has 2 aliphatic rings. The van der Waals surface area contributed by atoms with E-state index >= 15 is 0 Å². The molecular formula is C25H30N4O3. The highest BCUT2D eigenvalue weighted by molar-refractivity contribution is 5.98. The van der Waals surface area contributed by atoms with Crippen LogP contribution in [0.1, 0.15) is 41.7 Å². The Morgan fingerprint density at radius 2 is 1.69 bits per heavy atom. The molecule has 1 aliphatic heterocycles. The molecule has 1 saturated carbocycles. The summed E-state index contributed by atoms with van der Waals surface area (Å²) in [5.41, 5.74) is 2.10. The molecule has 168 valence electrons. The highest BCUT2D eigenvalue weighted by Gasteiger charge is 2.31. The van der Waals surface area contributed by atoms with Crippen molar-refractivity contribution in [2.75, 3.05) is 38.0 Å². The average molecular weight is 435 g/mol. The van der Waals surface area contributed by atoms with Gasteiger partial charge in [0.1, 0.15) is 6.04 Å². The number of rotatable bonds is 8. The summed E-state index contributed by atoms with van der Waals surface area (Å²) in [6.07, 6.45) is 2.17. The molecule has 4 rings (SSSR count). The van der Waals surface area contributed by atoms with Crippen LogP contribution in [0.25, 0.3) is 0 Å². The van der Waals surface area contributed by atoms with E-state index in [9.17, 15) is 14.4 Å². The van der Waals surface area contributed by atoms with Gasteiger partial charge in [0.05, 0.1) is 6.54 Å². The second kappa shape index (κ2) is 10.1. The monoisotopic (exact) mass is 434 g/mol. The Morgan fingerprint density at radius 3 is 2.34 bits per heavy atom. The van der Waals surface area contributed by atoms with Crippen LogP contribution in [0.2, 0.25) is 0 Å². The van der Waals surface area contributed by atoms with E-state index in [2.05, 4.69) is 20.4 Å². The minimum atomic E-state index is -0.445. The molecule has 1 unspecified atom stereocenters. The molecule has 1 aliphatic carbocycles. The van der Waals surface area contributed by atoms with Crippen LogP contribution < -0.4 is 10.6 Å². The van der Waals surface area contributed by atoms with E-state index in [0.29, 0.717) is 36.9 Å². The van der Waals surface area contributed by atoms with Gasteiger partial charge in [0.25, 0.3) is 0 Å². The molecule has 2 N–H and O–H groups in total. The fourth-order valence-corrected chi connectivity index (χ4v) is 4.07. The van der Waals surface area contributed by atoms with E-state index in [4.69, 9.17) is 0 Å². The number of anilines is 1. The lowest BCUT2D eigenvalue weighted by atomic mass is 10.0. The van der Waals surface area contributed by atoms with Crippen LogP contribution in [0.4, 0.5) is 5.69 Å². The second-order valence-corrected chi connectivity index (χ2v) is 8.59. The molecular weight excluding hydrogens is 404 g/mol. The molecule has 0 bridgehead atoms. The maximum Gasteiger partial charge on any atom is 0.246 e. The van der Waals surface area contributed by atoms with E-state index in [1.165, 1.54) is 6.92 Å². The highest BCUT2D eigenvalue weighted by atomic mass is 16.2. The molecule has 2 fully saturated rings. The Balaban J connectivity index is 1.43. The van der Waals surface area contributed by atoms with E-state index < -0.39 is 6.04 Å². The molecule has 0 spiro atoms. The first-order chi connectivity index (χ1) is 15.5. The molecule has 2 amide bonds. The van der Waals surface area contributed by atoms with Crippen LogP contribution in [0.15, 0.2) is 54.6 Å². The third-order valence-corrected chi connectivity index (χ3v) is 5.98. The van der Waals surface area contributed by atoms with E-state index in [1.54, 1.807) is 24.3 Å². The van der Waals surface area contributed by atoms with E-state index in [0.717, 1.165) is 31.5 Å². The number of carbonyl (C=O) groups is 3. The minimum absolute atomic E-state index is 0.0393. The van der Waals surface area contributed by atoms with Gasteiger partial charge >= 0.3 is 0 Å². The minimum Gasteiger partial charge on any atom is -0.352 e. The Labute approximate surface area is 188 Å². The van der Waals surface area contributed by atoms with Gasteiger partial charge in [0.15, 0.2) is 5.78 Å². The molecule has 1 heterocycles. The van der Waals surface area contributed by atoms with Crippen molar-refractivity contribution in [3.8, 4) is 0 Å². The van der Waals surface area contributed by atoms with Crippen molar-refractivity contribution in [2.45, 2.75) is 31.8 Å². The van der Waals surface area contributed by atoms with Gasteiger partial charge < -0.3 is 10.6 Å². The van der Waals surface area contributed by atoms with Crippen LogP contribution in [-0.4, -0.2) is 66.2 Å². The maximum atomic E-state index is 13.4. The van der Waals surface area contributed by atoms with Crippen molar-refractivity contribution < 1.29 is 14.4 Å². The zero-order valence-corrected chi connectivity index (χ0v) is 18.4. The first kappa shape index (κ1) is 22.2. The third-order valence-electron chi connectivity index (χ3n) is 5.98. The summed E-state index contributed by atoms with van der Waals surface area (Å²) in [4.78, 5) is 41.5. The van der Waals surface area contributed by atoms with Crippen molar-refractivity contribution in [3.63, 3.8) is 0 Å². The molecule has 2 aromatic carbocycles. The largest absolute Gasteiger partial charge is 0.352 e. The summed E-state index contributed by atoms with van der Waals surface area (Å²) >= 11 is 0. The van der Waals surface area contributed by atoms with Crippen LogP contribution in [-0.2, 0) is 9.59 Å². The summed E-state index contributed by atoms with van der Waals surface area (Å²) in [5, 5.41) is 6.03. The lowest BCUT2D eigenvalue weighted by Gasteiger charge is -2.38. The number of Topliss-reactive ketones (excluding diaryl/α,β-unsaturated/α-hetero) is 1. The van der Waals surface area contributed by atoms with Gasteiger partial charge in [-0.2, -0.15) is 0 Å². The van der Waals surface area contributed by atoms with Crippen LogP contribution >= 0.6 is 0 Å². The summed E-state index contributed by atoms with van der Waals surface area (Å²) in [6.45, 7) is 4.76. The summed E-state index contributed by atoms with van der Waals surface area (Å²) in [5.74, 6) is -0.0805. The molecule has 7 nitrogen and oxygen atoms in total. The predicted octanol–water partition coefficient (Wildman–Crippen LogP) is 2.47. The molecule has 2 aromatic rings. The van der Waals surface area contributed by atoms with Gasteiger partial charge in [0.2, 0.25) is 11.8 Å². The second-order valence-electron chi connectivity index (χ2n) is 8.59. The summed E-state index contributed by atoms with van der Waals surface area (Å²) in [6, 6.07) is 16.7. The van der Waals surface area contributed by atoms with Gasteiger partial charge in [-0.05, 0) is 37.5 Å². The fraction of sp³-hybridized carbons (Fsp3) is 0.400. The number of piperazine rings is 1. The Kier molecular flexibility index (Phi) is 6.97. The highest BCUT2D eigenvalue weighted by Crippen LogP contribution is 2.25. The Hall–Kier alpha value is -3.03. The Bertz CT molecular complexity index is 966. The SMILES string of the molecule is CC(=O)c1cccc(NC(=O)C(c2ccccc2)N2CCN(CC(=O)NC3CC3)CC2)c1. The molecule has 7 heteroatoms. The maximum absolute atomic E-state index is 13.4. The molecule has 0 aromatic heterocycles. The van der Waals surface area contributed by atoms with Crippen molar-refractivity contribution in [3.05, 3.63) is 65.7 Å². The number of amides is 2. The molecule has 1 saturated heterocycles. The third kappa shape index (κ3) is 5.81.